The maximum absolute atomic E-state index is 13.2. The summed E-state index contributed by atoms with van der Waals surface area (Å²) >= 11 is 0. The van der Waals surface area contributed by atoms with E-state index in [1.807, 2.05) is 24.6 Å². The van der Waals surface area contributed by atoms with E-state index in [4.69, 9.17) is 0 Å². The summed E-state index contributed by atoms with van der Waals surface area (Å²) in [6, 6.07) is 8.97. The van der Waals surface area contributed by atoms with E-state index in [0.29, 0.717) is 12.8 Å². The van der Waals surface area contributed by atoms with Gasteiger partial charge in [-0.15, -0.1) is 0 Å². The highest BCUT2D eigenvalue weighted by atomic mass is 33.1. The maximum Gasteiger partial charge on any atom is 0.475 e. The molecule has 0 unspecified atom stereocenters. The summed E-state index contributed by atoms with van der Waals surface area (Å²) in [5, 5.41) is 41.1. The number of nitrogens with zero attached hydrogens (tertiary/aromatic N) is 1. The molecule has 0 fully saturated rings. The van der Waals surface area contributed by atoms with Gasteiger partial charge in [-0.05, 0) is 50.7 Å². The summed E-state index contributed by atoms with van der Waals surface area (Å²) in [6.07, 6.45) is 5.25. The van der Waals surface area contributed by atoms with Crippen LogP contribution < -0.4 is 21.3 Å². The fourth-order valence-corrected chi connectivity index (χ4v) is 4.88. The van der Waals surface area contributed by atoms with Crippen LogP contribution in [0.4, 0.5) is 0 Å². The van der Waals surface area contributed by atoms with Crippen molar-refractivity contribution in [3.05, 3.63) is 46.9 Å². The van der Waals surface area contributed by atoms with E-state index >= 15 is 0 Å². The first-order chi connectivity index (χ1) is 19.3. The Balaban J connectivity index is 2.86. The van der Waals surface area contributed by atoms with Crippen LogP contribution in [0.1, 0.15) is 45.6 Å². The second-order valence-corrected chi connectivity index (χ2v) is 14.9. The highest BCUT2D eigenvalue weighted by molar-refractivity contribution is 8.85. The summed E-state index contributed by atoms with van der Waals surface area (Å²) in [4.78, 5) is 50.3. The molecule has 0 saturated heterocycles. The summed E-state index contributed by atoms with van der Waals surface area (Å²) in [6.45, 7) is 5.16. The van der Waals surface area contributed by atoms with Crippen molar-refractivity contribution in [3.8, 4) is 6.07 Å². The molecule has 0 spiro atoms. The van der Waals surface area contributed by atoms with Crippen LogP contribution in [0.15, 0.2) is 41.3 Å². The van der Waals surface area contributed by atoms with Crippen molar-refractivity contribution in [1.29, 1.82) is 5.26 Å². The predicted molar refractivity (Wildman–Crippen MR) is 166 cm³/mol. The van der Waals surface area contributed by atoms with Crippen LogP contribution in [0, 0.1) is 17.2 Å². The molecule has 41 heavy (non-hydrogen) atoms. The van der Waals surface area contributed by atoms with E-state index in [2.05, 4.69) is 21.3 Å². The van der Waals surface area contributed by atoms with Gasteiger partial charge in [0, 0.05) is 17.9 Å². The zero-order valence-electron chi connectivity index (χ0n) is 24.2. The number of nitriles is 1. The molecular weight excluding hydrogens is 565 g/mol. The molecule has 0 saturated carbocycles. The zero-order valence-corrected chi connectivity index (χ0v) is 25.9. The SMILES string of the molecule is CC(C)C(=O)N[C@@H](C)C(=O)N[C@@H](CCCCNC(=O)/C(C#N)=C/S[SH](C)C)C(=O)N[C@@H](Cc1ccccc1)B(O)O. The van der Waals surface area contributed by atoms with Gasteiger partial charge in [0.15, 0.2) is 0 Å². The first kappa shape index (κ1) is 36.0. The average Bonchev–Trinajstić information content (AvgIpc) is 2.92. The Morgan fingerprint density at radius 2 is 1.66 bits per heavy atom. The quantitative estimate of drug-likeness (QED) is 0.0342. The largest absolute Gasteiger partial charge is 0.475 e. The number of carbonyl (C=O) groups excluding carboxylic acids is 4. The molecule has 3 atom stereocenters. The van der Waals surface area contributed by atoms with E-state index in [1.54, 1.807) is 43.5 Å². The standard InChI is InChI=1S/C27H42BN5O6S2/c1-18(2)24(34)31-19(3)25(35)32-22(13-9-10-14-30-26(36)21(16-29)17-40-41(4)5)27(37)33-23(28(38)39)15-20-11-7-6-8-12-20/h6-8,11-12,17-19,22-23,38-39,41H,9-10,13-15H2,1-5H3,(H,30,36)(H,31,34)(H,32,35)(H,33,37)/b21-17+/t19-,22-,23-/m0/s1. The first-order valence-electron chi connectivity index (χ1n) is 13.4. The fourth-order valence-electron chi connectivity index (χ4n) is 3.45. The van der Waals surface area contributed by atoms with E-state index in [9.17, 15) is 34.5 Å². The summed E-state index contributed by atoms with van der Waals surface area (Å²) < 4.78 is 0. The smallest absolute Gasteiger partial charge is 0.426 e. The van der Waals surface area contributed by atoms with Crippen LogP contribution in [0.25, 0.3) is 0 Å². The molecule has 0 radical (unpaired) electrons. The molecule has 14 heteroatoms. The van der Waals surface area contributed by atoms with Gasteiger partial charge in [0.05, 0.1) is 5.94 Å². The summed E-state index contributed by atoms with van der Waals surface area (Å²) in [7, 11) is -0.764. The Labute approximate surface area is 249 Å². The highest BCUT2D eigenvalue weighted by Gasteiger charge is 2.30. The third kappa shape index (κ3) is 14.5. The van der Waals surface area contributed by atoms with Crippen molar-refractivity contribution in [3.63, 3.8) is 0 Å². The van der Waals surface area contributed by atoms with Crippen LogP contribution in [-0.4, -0.2) is 77.9 Å². The molecule has 0 heterocycles. The van der Waals surface area contributed by atoms with E-state index in [1.165, 1.54) is 17.7 Å². The van der Waals surface area contributed by atoms with Gasteiger partial charge < -0.3 is 31.3 Å². The lowest BCUT2D eigenvalue weighted by Gasteiger charge is -2.25. The van der Waals surface area contributed by atoms with Crippen molar-refractivity contribution in [1.82, 2.24) is 21.3 Å². The van der Waals surface area contributed by atoms with Gasteiger partial charge >= 0.3 is 7.12 Å². The molecule has 0 aliphatic rings. The number of benzene rings is 1. The normalized spacial score (nSPS) is 13.7. The Kier molecular flexibility index (Phi) is 16.9. The van der Waals surface area contributed by atoms with Gasteiger partial charge in [-0.2, -0.15) is 5.26 Å². The third-order valence-corrected chi connectivity index (χ3v) is 8.19. The number of thiol groups is 1. The Morgan fingerprint density at radius 3 is 2.22 bits per heavy atom. The lowest BCUT2D eigenvalue weighted by molar-refractivity contribution is -0.132. The number of amides is 4. The molecule has 11 nitrogen and oxygen atoms in total. The van der Waals surface area contributed by atoms with Crippen LogP contribution in [0.3, 0.4) is 0 Å². The second-order valence-electron chi connectivity index (χ2n) is 9.98. The van der Waals surface area contributed by atoms with Crippen LogP contribution in [-0.2, 0) is 25.6 Å². The molecule has 1 aromatic carbocycles. The van der Waals surface area contributed by atoms with E-state index in [-0.39, 0.29) is 46.7 Å². The molecule has 226 valence electrons. The minimum Gasteiger partial charge on any atom is -0.426 e. The van der Waals surface area contributed by atoms with Crippen molar-refractivity contribution in [2.75, 3.05) is 19.1 Å². The third-order valence-electron chi connectivity index (χ3n) is 5.85. The van der Waals surface area contributed by atoms with Crippen molar-refractivity contribution < 1.29 is 29.2 Å². The number of rotatable bonds is 17. The molecule has 1 rings (SSSR count). The molecule has 0 aliphatic carbocycles. The summed E-state index contributed by atoms with van der Waals surface area (Å²) in [5.41, 5.74) is 0.811. The molecular formula is C27H42BN5O6S2. The Hall–Kier alpha value is -2.99. The molecule has 6 N–H and O–H groups in total. The van der Waals surface area contributed by atoms with Crippen LogP contribution in [0.5, 0.6) is 0 Å². The van der Waals surface area contributed by atoms with Crippen molar-refractivity contribution in [2.24, 2.45) is 5.92 Å². The van der Waals surface area contributed by atoms with Crippen LogP contribution in [0.2, 0.25) is 0 Å². The van der Waals surface area contributed by atoms with Gasteiger partial charge in [-0.1, -0.05) is 55.0 Å². The molecule has 0 aromatic heterocycles. The lowest BCUT2D eigenvalue weighted by Crippen LogP contribution is -2.57. The van der Waals surface area contributed by atoms with Gasteiger partial charge in [0.1, 0.15) is 23.7 Å². The number of hydrogen-bond acceptors (Lipinski definition) is 8. The van der Waals surface area contributed by atoms with Crippen molar-refractivity contribution in [2.45, 2.75) is 64.5 Å². The minimum atomic E-state index is -1.84. The predicted octanol–water partition coefficient (Wildman–Crippen LogP) is 0.974. The molecule has 0 bridgehead atoms. The number of unbranched alkanes of at least 4 members (excludes halogenated alkanes) is 1. The molecule has 1 aromatic rings. The Morgan fingerprint density at radius 1 is 1.00 bits per heavy atom. The topological polar surface area (TPSA) is 181 Å². The first-order valence-corrected chi connectivity index (χ1v) is 17.1. The van der Waals surface area contributed by atoms with Gasteiger partial charge in [0.2, 0.25) is 17.7 Å². The van der Waals surface area contributed by atoms with Crippen LogP contribution >= 0.6 is 20.7 Å². The van der Waals surface area contributed by atoms with Crippen molar-refractivity contribution >= 4 is 51.5 Å². The second kappa shape index (κ2) is 19.2. The minimum absolute atomic E-state index is 0.0279. The maximum atomic E-state index is 13.2. The summed E-state index contributed by atoms with van der Waals surface area (Å²) in [5.74, 6) is -3.32. The lowest BCUT2D eigenvalue weighted by atomic mass is 9.75. The van der Waals surface area contributed by atoms with Gasteiger partial charge in [-0.3, -0.25) is 19.2 Å². The molecule has 0 aliphatic heterocycles. The zero-order chi connectivity index (χ0) is 30.9. The Bertz CT molecular complexity index is 1080. The average molecular weight is 608 g/mol. The number of carbonyl (C=O) groups is 4. The highest BCUT2D eigenvalue weighted by Crippen LogP contribution is 2.34. The fraction of sp³-hybridized carbons (Fsp3) is 0.519. The number of nitrogens with one attached hydrogen (secondary N) is 4. The van der Waals surface area contributed by atoms with Gasteiger partial charge in [-0.25, -0.2) is 9.93 Å². The van der Waals surface area contributed by atoms with E-state index < -0.39 is 42.9 Å². The van der Waals surface area contributed by atoms with Gasteiger partial charge in [0.25, 0.3) is 5.91 Å². The monoisotopic (exact) mass is 607 g/mol. The van der Waals surface area contributed by atoms with E-state index in [0.717, 1.165) is 5.56 Å². The molecule has 4 amide bonds. The number of hydrogen-bond donors (Lipinski definition) is 7.